The predicted molar refractivity (Wildman–Crippen MR) is 91.9 cm³/mol. The first-order chi connectivity index (χ1) is 11.2. The first kappa shape index (κ1) is 14.8. The molecule has 0 saturated carbocycles. The zero-order valence-electron chi connectivity index (χ0n) is 14.2. The maximum atomic E-state index is 5.40. The second-order valence-electron chi connectivity index (χ2n) is 6.89. The van der Waals surface area contributed by atoms with Gasteiger partial charge in [0, 0.05) is 42.9 Å². The standard InChI is InChI=1S/C19H25N3O/c1-4-8-22-11-14-10-17-18(16(14)12-22)19(20-21(17)2)13-6-5-7-15(9-13)23-3/h5-7,9,14,16H,4,8,10-12H2,1-3H3/t14-,16+/m1/s1. The van der Waals surface area contributed by atoms with E-state index in [4.69, 9.17) is 9.84 Å². The minimum atomic E-state index is 0.645. The Morgan fingerprint density at radius 3 is 2.96 bits per heavy atom. The van der Waals surface area contributed by atoms with Crippen molar-refractivity contribution in [2.24, 2.45) is 13.0 Å². The number of nitrogens with zero attached hydrogens (tertiary/aromatic N) is 3. The van der Waals surface area contributed by atoms with Gasteiger partial charge in [-0.1, -0.05) is 19.1 Å². The van der Waals surface area contributed by atoms with E-state index in [0.29, 0.717) is 5.92 Å². The average molecular weight is 311 g/mol. The van der Waals surface area contributed by atoms with E-state index in [0.717, 1.165) is 17.4 Å². The zero-order valence-corrected chi connectivity index (χ0v) is 14.2. The summed E-state index contributed by atoms with van der Waals surface area (Å²) in [5.74, 6) is 2.31. The van der Waals surface area contributed by atoms with E-state index in [2.05, 4.69) is 41.8 Å². The average Bonchev–Trinajstić information content (AvgIpc) is 3.19. The SMILES string of the molecule is CCCN1C[C@H]2Cc3c(c(-c4cccc(OC)c4)nn3C)[C@H]2C1. The highest BCUT2D eigenvalue weighted by Gasteiger charge is 2.43. The Morgan fingerprint density at radius 1 is 1.30 bits per heavy atom. The fourth-order valence-corrected chi connectivity index (χ4v) is 4.43. The van der Waals surface area contributed by atoms with Crippen molar-refractivity contribution in [2.45, 2.75) is 25.7 Å². The highest BCUT2D eigenvalue weighted by Crippen LogP contribution is 2.47. The summed E-state index contributed by atoms with van der Waals surface area (Å²) in [5.41, 5.74) is 5.27. The highest BCUT2D eigenvalue weighted by molar-refractivity contribution is 5.68. The summed E-state index contributed by atoms with van der Waals surface area (Å²) in [6, 6.07) is 8.31. The number of likely N-dealkylation sites (tertiary alicyclic amines) is 1. The van der Waals surface area contributed by atoms with E-state index >= 15 is 0 Å². The Kier molecular flexibility index (Phi) is 3.64. The van der Waals surface area contributed by atoms with E-state index in [1.54, 1.807) is 7.11 Å². The topological polar surface area (TPSA) is 30.3 Å². The molecular formula is C19H25N3O. The van der Waals surface area contributed by atoms with Crippen molar-refractivity contribution in [1.82, 2.24) is 14.7 Å². The van der Waals surface area contributed by atoms with Gasteiger partial charge < -0.3 is 9.64 Å². The molecule has 0 radical (unpaired) electrons. The second kappa shape index (κ2) is 5.68. The zero-order chi connectivity index (χ0) is 16.0. The molecule has 23 heavy (non-hydrogen) atoms. The van der Waals surface area contributed by atoms with Crippen LogP contribution >= 0.6 is 0 Å². The summed E-state index contributed by atoms with van der Waals surface area (Å²) in [4.78, 5) is 2.63. The monoisotopic (exact) mass is 311 g/mol. The van der Waals surface area contributed by atoms with E-state index in [1.165, 1.54) is 49.3 Å². The molecule has 2 heterocycles. The van der Waals surface area contributed by atoms with Crippen molar-refractivity contribution in [3.63, 3.8) is 0 Å². The molecule has 4 heteroatoms. The third-order valence-corrected chi connectivity index (χ3v) is 5.43. The summed E-state index contributed by atoms with van der Waals surface area (Å²) in [7, 11) is 3.81. The molecule has 1 saturated heterocycles. The van der Waals surface area contributed by atoms with Crippen LogP contribution in [0.5, 0.6) is 5.75 Å². The number of hydrogen-bond donors (Lipinski definition) is 0. The Balaban J connectivity index is 1.73. The molecule has 0 bridgehead atoms. The van der Waals surface area contributed by atoms with Crippen LogP contribution in [0.15, 0.2) is 24.3 Å². The number of fused-ring (bicyclic) bond motifs is 3. The van der Waals surface area contributed by atoms with Crippen LogP contribution in [-0.2, 0) is 13.5 Å². The molecule has 4 nitrogen and oxygen atoms in total. The number of aryl methyl sites for hydroxylation is 1. The summed E-state index contributed by atoms with van der Waals surface area (Å²) >= 11 is 0. The Hall–Kier alpha value is -1.81. The molecule has 2 atom stereocenters. The van der Waals surface area contributed by atoms with Gasteiger partial charge in [0.1, 0.15) is 5.75 Å². The van der Waals surface area contributed by atoms with Gasteiger partial charge in [-0.15, -0.1) is 0 Å². The molecule has 2 aliphatic rings. The fraction of sp³-hybridized carbons (Fsp3) is 0.526. The van der Waals surface area contributed by atoms with Crippen molar-refractivity contribution in [3.8, 4) is 17.0 Å². The van der Waals surface area contributed by atoms with Gasteiger partial charge in [0.15, 0.2) is 0 Å². The van der Waals surface area contributed by atoms with Gasteiger partial charge >= 0.3 is 0 Å². The van der Waals surface area contributed by atoms with Gasteiger partial charge in [-0.2, -0.15) is 5.10 Å². The normalized spacial score (nSPS) is 23.1. The van der Waals surface area contributed by atoms with Crippen molar-refractivity contribution >= 4 is 0 Å². The van der Waals surface area contributed by atoms with Crippen molar-refractivity contribution in [1.29, 1.82) is 0 Å². The van der Waals surface area contributed by atoms with Gasteiger partial charge in [0.25, 0.3) is 0 Å². The molecule has 0 N–H and O–H groups in total. The summed E-state index contributed by atoms with van der Waals surface area (Å²) < 4.78 is 7.50. The van der Waals surface area contributed by atoms with Crippen LogP contribution in [0, 0.1) is 5.92 Å². The molecule has 0 unspecified atom stereocenters. The number of rotatable bonds is 4. The van der Waals surface area contributed by atoms with Crippen LogP contribution in [0.2, 0.25) is 0 Å². The minimum Gasteiger partial charge on any atom is -0.497 e. The van der Waals surface area contributed by atoms with Gasteiger partial charge in [0.2, 0.25) is 0 Å². The smallest absolute Gasteiger partial charge is 0.119 e. The molecule has 0 amide bonds. The third-order valence-electron chi connectivity index (χ3n) is 5.43. The first-order valence-electron chi connectivity index (χ1n) is 8.63. The number of methoxy groups -OCH3 is 1. The van der Waals surface area contributed by atoms with E-state index in [1.807, 2.05) is 6.07 Å². The van der Waals surface area contributed by atoms with Gasteiger partial charge in [-0.05, 0) is 37.4 Å². The minimum absolute atomic E-state index is 0.645. The maximum Gasteiger partial charge on any atom is 0.119 e. The van der Waals surface area contributed by atoms with Gasteiger partial charge in [-0.3, -0.25) is 4.68 Å². The first-order valence-corrected chi connectivity index (χ1v) is 8.63. The van der Waals surface area contributed by atoms with Crippen LogP contribution in [0.1, 0.15) is 30.5 Å². The van der Waals surface area contributed by atoms with Crippen LogP contribution < -0.4 is 4.74 Å². The van der Waals surface area contributed by atoms with Crippen molar-refractivity contribution < 1.29 is 4.74 Å². The molecular weight excluding hydrogens is 286 g/mol. The lowest BCUT2D eigenvalue weighted by molar-refractivity contribution is 0.321. The number of aromatic nitrogens is 2. The van der Waals surface area contributed by atoms with Crippen LogP contribution in [0.3, 0.4) is 0 Å². The summed E-state index contributed by atoms with van der Waals surface area (Å²) in [6.45, 7) is 5.92. The van der Waals surface area contributed by atoms with Crippen molar-refractivity contribution in [3.05, 3.63) is 35.5 Å². The molecule has 1 aliphatic heterocycles. The summed E-state index contributed by atoms with van der Waals surface area (Å²) in [6.07, 6.45) is 2.41. The van der Waals surface area contributed by atoms with E-state index in [9.17, 15) is 0 Å². The maximum absolute atomic E-state index is 5.40. The number of ether oxygens (including phenoxy) is 1. The largest absolute Gasteiger partial charge is 0.497 e. The van der Waals surface area contributed by atoms with Crippen LogP contribution in [-0.4, -0.2) is 41.4 Å². The van der Waals surface area contributed by atoms with Crippen LogP contribution in [0.25, 0.3) is 11.3 Å². The molecule has 1 fully saturated rings. The number of benzene rings is 1. The molecule has 1 aromatic carbocycles. The lowest BCUT2D eigenvalue weighted by atomic mass is 9.94. The Bertz CT molecular complexity index is 721. The molecule has 1 aromatic heterocycles. The lowest BCUT2D eigenvalue weighted by Gasteiger charge is -2.15. The second-order valence-corrected chi connectivity index (χ2v) is 6.89. The molecule has 2 aromatic rings. The van der Waals surface area contributed by atoms with Gasteiger partial charge in [0.05, 0.1) is 12.8 Å². The Morgan fingerprint density at radius 2 is 2.17 bits per heavy atom. The van der Waals surface area contributed by atoms with E-state index < -0.39 is 0 Å². The summed E-state index contributed by atoms with van der Waals surface area (Å²) in [5, 5.41) is 4.85. The van der Waals surface area contributed by atoms with E-state index in [-0.39, 0.29) is 0 Å². The fourth-order valence-electron chi connectivity index (χ4n) is 4.43. The molecule has 0 spiro atoms. The molecule has 1 aliphatic carbocycles. The molecule has 122 valence electrons. The lowest BCUT2D eigenvalue weighted by Crippen LogP contribution is -2.22. The third kappa shape index (κ3) is 2.36. The highest BCUT2D eigenvalue weighted by atomic mass is 16.5. The van der Waals surface area contributed by atoms with Crippen LogP contribution in [0.4, 0.5) is 0 Å². The number of hydrogen-bond acceptors (Lipinski definition) is 3. The Labute approximate surface area is 138 Å². The predicted octanol–water partition coefficient (Wildman–Crippen LogP) is 3.08. The van der Waals surface area contributed by atoms with Crippen molar-refractivity contribution in [2.75, 3.05) is 26.7 Å². The quantitative estimate of drug-likeness (QED) is 0.869. The molecule has 4 rings (SSSR count). The van der Waals surface area contributed by atoms with Gasteiger partial charge in [-0.25, -0.2) is 0 Å².